The number of carbonyl (C=O) groups is 1. The second-order valence-corrected chi connectivity index (χ2v) is 8.34. The number of aliphatic hydroxyl groups excluding tert-OH is 4. The van der Waals surface area contributed by atoms with Gasteiger partial charge in [-0.25, -0.2) is 0 Å². The first-order valence-corrected chi connectivity index (χ1v) is 10.6. The van der Waals surface area contributed by atoms with Gasteiger partial charge in [-0.2, -0.15) is 0 Å². The molecule has 7 nitrogen and oxygen atoms in total. The van der Waals surface area contributed by atoms with Gasteiger partial charge in [0.2, 0.25) is 0 Å². The molecule has 2 heterocycles. The molecule has 2 aliphatic heterocycles. The molecule has 0 radical (unpaired) electrons. The molecule has 2 aliphatic rings. The maximum absolute atomic E-state index is 10.7. The van der Waals surface area contributed by atoms with E-state index in [4.69, 9.17) is 21.1 Å². The predicted octanol–water partition coefficient (Wildman–Crippen LogP) is 1.12. The molecule has 0 saturated carbocycles. The minimum atomic E-state index is -1.46. The molecule has 0 amide bonds. The number of ether oxygens (including phenoxy) is 2. The van der Waals surface area contributed by atoms with Gasteiger partial charge in [-0.05, 0) is 28.7 Å². The summed E-state index contributed by atoms with van der Waals surface area (Å²) in [7, 11) is 0. The van der Waals surface area contributed by atoms with Crippen LogP contribution >= 0.6 is 11.6 Å². The van der Waals surface area contributed by atoms with Crippen molar-refractivity contribution in [2.24, 2.45) is 0 Å². The molecule has 1 fully saturated rings. The molecule has 0 spiro atoms. The van der Waals surface area contributed by atoms with Crippen molar-refractivity contribution >= 4 is 17.9 Å². The van der Waals surface area contributed by atoms with Crippen molar-refractivity contribution in [2.75, 3.05) is 13.2 Å². The monoisotopic (exact) mass is 448 g/mol. The zero-order valence-electron chi connectivity index (χ0n) is 16.8. The van der Waals surface area contributed by atoms with E-state index in [0.717, 1.165) is 28.5 Å². The van der Waals surface area contributed by atoms with E-state index in [1.54, 1.807) is 0 Å². The number of aldehydes is 1. The maximum atomic E-state index is 10.7. The third kappa shape index (κ3) is 4.22. The Morgan fingerprint density at radius 3 is 2.45 bits per heavy atom. The summed E-state index contributed by atoms with van der Waals surface area (Å²) in [6, 6.07) is 9.47. The number of rotatable bonds is 6. The first kappa shape index (κ1) is 22.2. The molecule has 4 rings (SSSR count). The molecule has 1 saturated heterocycles. The normalized spacial score (nSPS) is 27.6. The summed E-state index contributed by atoms with van der Waals surface area (Å²) in [5, 5.41) is 41.0. The van der Waals surface area contributed by atoms with E-state index in [-0.39, 0.29) is 0 Å². The number of benzene rings is 2. The van der Waals surface area contributed by atoms with E-state index in [2.05, 4.69) is 0 Å². The smallest absolute Gasteiger partial charge is 0.141 e. The fourth-order valence-electron chi connectivity index (χ4n) is 4.26. The summed E-state index contributed by atoms with van der Waals surface area (Å²) in [5.74, 6) is 0.531. The fourth-order valence-corrected chi connectivity index (χ4v) is 4.55. The highest BCUT2D eigenvalue weighted by Crippen LogP contribution is 2.44. The molecule has 0 unspecified atom stereocenters. The summed E-state index contributed by atoms with van der Waals surface area (Å²) in [6.45, 7) is -0.0585. The third-order valence-corrected chi connectivity index (χ3v) is 6.38. The van der Waals surface area contributed by atoms with E-state index in [0.29, 0.717) is 42.2 Å². The van der Waals surface area contributed by atoms with Crippen molar-refractivity contribution < 1.29 is 34.7 Å². The first-order chi connectivity index (χ1) is 14.9. The van der Waals surface area contributed by atoms with Gasteiger partial charge in [-0.1, -0.05) is 41.9 Å². The van der Waals surface area contributed by atoms with Crippen molar-refractivity contribution in [3.63, 3.8) is 0 Å². The van der Waals surface area contributed by atoms with E-state index in [1.807, 2.05) is 30.3 Å². The van der Waals surface area contributed by atoms with Gasteiger partial charge in [0, 0.05) is 18.4 Å². The number of aliphatic hydroxyl groups is 4. The van der Waals surface area contributed by atoms with Crippen molar-refractivity contribution in [3.05, 3.63) is 63.2 Å². The van der Waals surface area contributed by atoms with Crippen LogP contribution in [0.25, 0.3) is 0 Å². The lowest BCUT2D eigenvalue weighted by atomic mass is 9.87. The van der Waals surface area contributed by atoms with Crippen LogP contribution in [0, 0.1) is 0 Å². The second-order valence-electron chi connectivity index (χ2n) is 7.96. The van der Waals surface area contributed by atoms with Crippen LogP contribution < -0.4 is 4.74 Å². The SMILES string of the molecule is O=CCc1ccc(Cc2cc([C@@H]3O[C@H](CO)[C@@H](O)[C@H](O)[C@H]3O)c3c(c2Cl)OCC3)cc1. The molecule has 4 N–H and O–H groups in total. The van der Waals surface area contributed by atoms with Crippen molar-refractivity contribution in [2.45, 2.75) is 49.8 Å². The Morgan fingerprint density at radius 2 is 1.77 bits per heavy atom. The van der Waals surface area contributed by atoms with Crippen molar-refractivity contribution in [1.29, 1.82) is 0 Å². The van der Waals surface area contributed by atoms with Crippen LogP contribution in [-0.4, -0.2) is 64.3 Å². The Hall–Kier alpha value is -2.00. The van der Waals surface area contributed by atoms with Gasteiger partial charge >= 0.3 is 0 Å². The predicted molar refractivity (Wildman–Crippen MR) is 112 cm³/mol. The minimum absolute atomic E-state index is 0.356. The summed E-state index contributed by atoms with van der Waals surface area (Å²) in [6.07, 6.45) is -3.93. The van der Waals surface area contributed by atoms with Gasteiger partial charge < -0.3 is 34.7 Å². The summed E-state index contributed by atoms with van der Waals surface area (Å²) < 4.78 is 11.5. The van der Waals surface area contributed by atoms with Gasteiger partial charge in [-0.3, -0.25) is 0 Å². The van der Waals surface area contributed by atoms with Crippen LogP contribution in [0.15, 0.2) is 30.3 Å². The van der Waals surface area contributed by atoms with Crippen LogP contribution in [0.3, 0.4) is 0 Å². The Balaban J connectivity index is 1.70. The summed E-state index contributed by atoms with van der Waals surface area (Å²) in [4.78, 5) is 10.7. The largest absolute Gasteiger partial charge is 0.491 e. The Morgan fingerprint density at radius 1 is 1.06 bits per heavy atom. The summed E-state index contributed by atoms with van der Waals surface area (Å²) >= 11 is 6.64. The molecule has 2 aromatic rings. The van der Waals surface area contributed by atoms with Gasteiger partial charge in [0.05, 0.1) is 18.2 Å². The Kier molecular flexibility index (Phi) is 6.62. The molecular weight excluding hydrogens is 424 g/mol. The number of carbonyl (C=O) groups excluding carboxylic acids is 1. The van der Waals surface area contributed by atoms with E-state index in [1.165, 1.54) is 0 Å². The fraction of sp³-hybridized carbons (Fsp3) is 0.435. The molecule has 0 bridgehead atoms. The zero-order valence-corrected chi connectivity index (χ0v) is 17.5. The number of halogens is 1. The third-order valence-electron chi connectivity index (χ3n) is 5.97. The average molecular weight is 449 g/mol. The molecule has 0 aromatic heterocycles. The molecule has 0 aliphatic carbocycles. The van der Waals surface area contributed by atoms with Gasteiger partial charge in [0.1, 0.15) is 42.6 Å². The molecule has 166 valence electrons. The molecule has 2 aromatic carbocycles. The Bertz CT molecular complexity index is 944. The molecule has 5 atom stereocenters. The maximum Gasteiger partial charge on any atom is 0.141 e. The lowest BCUT2D eigenvalue weighted by molar-refractivity contribution is -0.231. The van der Waals surface area contributed by atoms with E-state index in [9.17, 15) is 25.2 Å². The second kappa shape index (κ2) is 9.24. The average Bonchev–Trinajstić information content (AvgIpc) is 3.27. The molecule has 8 heteroatoms. The van der Waals surface area contributed by atoms with Crippen molar-refractivity contribution in [3.8, 4) is 5.75 Å². The van der Waals surface area contributed by atoms with Crippen LogP contribution in [0.1, 0.15) is 33.9 Å². The summed E-state index contributed by atoms with van der Waals surface area (Å²) in [5.41, 5.74) is 4.08. The lowest BCUT2D eigenvalue weighted by Gasteiger charge is -2.40. The minimum Gasteiger partial charge on any atom is -0.491 e. The zero-order chi connectivity index (χ0) is 22.1. The quantitative estimate of drug-likeness (QED) is 0.489. The van der Waals surface area contributed by atoms with E-state index >= 15 is 0 Å². The Labute approximate surface area is 184 Å². The lowest BCUT2D eigenvalue weighted by Crippen LogP contribution is -2.55. The number of fused-ring (bicyclic) bond motifs is 1. The van der Waals surface area contributed by atoms with Crippen LogP contribution in [0.2, 0.25) is 5.02 Å². The van der Waals surface area contributed by atoms with Crippen LogP contribution in [0.5, 0.6) is 5.75 Å². The van der Waals surface area contributed by atoms with E-state index < -0.39 is 37.1 Å². The number of hydrogen-bond acceptors (Lipinski definition) is 7. The number of hydrogen-bond donors (Lipinski definition) is 4. The molecule has 31 heavy (non-hydrogen) atoms. The van der Waals surface area contributed by atoms with Gasteiger partial charge in [0.15, 0.2) is 0 Å². The van der Waals surface area contributed by atoms with Crippen LogP contribution in [0.4, 0.5) is 0 Å². The topological polar surface area (TPSA) is 116 Å². The standard InChI is InChI=1S/C23H25ClO7/c24-18-14(9-13-3-1-12(2-4-13)5-7-25)10-16(15-6-8-30-22(15)18)23-21(29)20(28)19(27)17(11-26)31-23/h1-4,7,10,17,19-21,23,26-29H,5-6,8-9,11H2/t17-,19-,20+,21-,23+/m1/s1. The highest BCUT2D eigenvalue weighted by atomic mass is 35.5. The van der Waals surface area contributed by atoms with Gasteiger partial charge in [0.25, 0.3) is 0 Å². The first-order valence-electron chi connectivity index (χ1n) is 10.2. The highest BCUT2D eigenvalue weighted by Gasteiger charge is 2.45. The highest BCUT2D eigenvalue weighted by molar-refractivity contribution is 6.33. The van der Waals surface area contributed by atoms with Gasteiger partial charge in [-0.15, -0.1) is 0 Å². The van der Waals surface area contributed by atoms with Crippen molar-refractivity contribution in [1.82, 2.24) is 0 Å². The molecular formula is C23H25ClO7. The van der Waals surface area contributed by atoms with Crippen LogP contribution in [-0.2, 0) is 28.8 Å².